The first-order chi connectivity index (χ1) is 7.84. The number of hydrogen-bond donors (Lipinski definition) is 0. The van der Waals surface area contributed by atoms with E-state index in [1.807, 2.05) is 0 Å². The summed E-state index contributed by atoms with van der Waals surface area (Å²) >= 11 is 0. The number of hydrogen-bond acceptors (Lipinski definition) is 2. The molecule has 0 radical (unpaired) electrons. The highest BCUT2D eigenvalue weighted by Crippen LogP contribution is 2.30. The number of halogens is 3. The predicted octanol–water partition coefficient (Wildman–Crippen LogP) is 3.48. The Hall–Kier alpha value is -1.59. The summed E-state index contributed by atoms with van der Waals surface area (Å²) in [4.78, 5) is 9.94. The van der Waals surface area contributed by atoms with E-state index in [1.165, 1.54) is 12.1 Å². The molecule has 0 aliphatic rings. The van der Waals surface area contributed by atoms with Crippen LogP contribution >= 0.6 is 0 Å². The highest BCUT2D eigenvalue weighted by molar-refractivity contribution is 5.27. The van der Waals surface area contributed by atoms with Gasteiger partial charge in [0.25, 0.3) is 0 Å². The minimum atomic E-state index is -4.37. The van der Waals surface area contributed by atoms with Gasteiger partial charge in [0.2, 0.25) is 6.54 Å². The van der Waals surface area contributed by atoms with Crippen LogP contribution in [0.4, 0.5) is 13.2 Å². The van der Waals surface area contributed by atoms with Crippen LogP contribution < -0.4 is 0 Å². The van der Waals surface area contributed by atoms with Gasteiger partial charge in [0.1, 0.15) is 0 Å². The highest BCUT2D eigenvalue weighted by atomic mass is 19.4. The molecule has 1 atom stereocenters. The van der Waals surface area contributed by atoms with Crippen molar-refractivity contribution >= 4 is 0 Å². The van der Waals surface area contributed by atoms with Crippen LogP contribution in [0.25, 0.3) is 0 Å². The summed E-state index contributed by atoms with van der Waals surface area (Å²) in [5, 5.41) is 10.4. The Morgan fingerprint density at radius 3 is 2.18 bits per heavy atom. The molecular formula is C11H12F3NO2. The molecule has 0 aliphatic carbocycles. The standard InChI is InChI=1S/C11H12F3NO2/c1-2-8(7-15(16)17)9-3-5-10(6-4-9)11(12,13)14/h3-6,8H,2,7H2,1H3/t8-/m1/s1. The zero-order chi connectivity index (χ0) is 13.1. The molecule has 0 fully saturated rings. The summed E-state index contributed by atoms with van der Waals surface area (Å²) in [5.41, 5.74) is -0.172. The fourth-order valence-corrected chi connectivity index (χ4v) is 1.59. The zero-order valence-electron chi connectivity index (χ0n) is 9.20. The molecule has 0 aromatic heterocycles. The van der Waals surface area contributed by atoms with E-state index in [0.717, 1.165) is 12.1 Å². The van der Waals surface area contributed by atoms with Gasteiger partial charge >= 0.3 is 6.18 Å². The third kappa shape index (κ3) is 3.72. The molecule has 0 heterocycles. The first kappa shape index (κ1) is 13.5. The molecule has 0 N–H and O–H groups in total. The maximum absolute atomic E-state index is 12.3. The van der Waals surface area contributed by atoms with Gasteiger partial charge in [-0.15, -0.1) is 0 Å². The van der Waals surface area contributed by atoms with Crippen LogP contribution in [0.1, 0.15) is 30.4 Å². The van der Waals surface area contributed by atoms with E-state index in [4.69, 9.17) is 0 Å². The van der Waals surface area contributed by atoms with Crippen LogP contribution in [0.2, 0.25) is 0 Å². The molecule has 0 saturated heterocycles. The Labute approximate surface area is 96.4 Å². The zero-order valence-corrected chi connectivity index (χ0v) is 9.20. The van der Waals surface area contributed by atoms with Gasteiger partial charge in [-0.3, -0.25) is 10.1 Å². The van der Waals surface area contributed by atoms with Crippen molar-refractivity contribution in [1.82, 2.24) is 0 Å². The minimum Gasteiger partial charge on any atom is -0.265 e. The molecule has 17 heavy (non-hydrogen) atoms. The van der Waals surface area contributed by atoms with E-state index < -0.39 is 16.7 Å². The molecule has 3 nitrogen and oxygen atoms in total. The van der Waals surface area contributed by atoms with Crippen molar-refractivity contribution in [2.24, 2.45) is 0 Å². The van der Waals surface area contributed by atoms with E-state index in [9.17, 15) is 23.3 Å². The summed E-state index contributed by atoms with van der Waals surface area (Å²) in [6.07, 6.45) is -3.85. The highest BCUT2D eigenvalue weighted by Gasteiger charge is 2.30. The van der Waals surface area contributed by atoms with Crippen molar-refractivity contribution in [3.63, 3.8) is 0 Å². The van der Waals surface area contributed by atoms with Gasteiger partial charge in [-0.05, 0) is 24.1 Å². The summed E-state index contributed by atoms with van der Waals surface area (Å²) in [6, 6.07) is 4.52. The van der Waals surface area contributed by atoms with Gasteiger partial charge in [-0.25, -0.2) is 0 Å². The maximum Gasteiger partial charge on any atom is 0.416 e. The molecular weight excluding hydrogens is 235 g/mol. The van der Waals surface area contributed by atoms with Crippen LogP contribution in [0.5, 0.6) is 0 Å². The lowest BCUT2D eigenvalue weighted by atomic mass is 9.95. The molecule has 1 rings (SSSR count). The Balaban J connectivity index is 2.89. The van der Waals surface area contributed by atoms with E-state index >= 15 is 0 Å². The molecule has 94 valence electrons. The first-order valence-corrected chi connectivity index (χ1v) is 5.13. The second-order valence-corrected chi connectivity index (χ2v) is 3.74. The summed E-state index contributed by atoms with van der Waals surface area (Å²) in [7, 11) is 0. The number of rotatable bonds is 4. The minimum absolute atomic E-state index is 0.262. The van der Waals surface area contributed by atoms with Gasteiger partial charge in [-0.1, -0.05) is 19.1 Å². The third-order valence-electron chi connectivity index (χ3n) is 2.57. The van der Waals surface area contributed by atoms with Gasteiger partial charge in [-0.2, -0.15) is 13.2 Å². The van der Waals surface area contributed by atoms with E-state index in [0.29, 0.717) is 12.0 Å². The molecule has 1 aromatic carbocycles. The maximum atomic E-state index is 12.3. The van der Waals surface area contributed by atoms with Gasteiger partial charge in [0.15, 0.2) is 0 Å². The third-order valence-corrected chi connectivity index (χ3v) is 2.57. The molecule has 0 bridgehead atoms. The van der Waals surface area contributed by atoms with E-state index in [1.54, 1.807) is 6.92 Å². The molecule has 0 spiro atoms. The largest absolute Gasteiger partial charge is 0.416 e. The number of benzene rings is 1. The number of alkyl halides is 3. The van der Waals surface area contributed by atoms with Crippen LogP contribution in [-0.2, 0) is 6.18 Å². The van der Waals surface area contributed by atoms with Crippen molar-refractivity contribution in [2.75, 3.05) is 6.54 Å². The monoisotopic (exact) mass is 247 g/mol. The second kappa shape index (κ2) is 5.16. The van der Waals surface area contributed by atoms with Crippen LogP contribution in [-0.4, -0.2) is 11.5 Å². The van der Waals surface area contributed by atoms with Crippen molar-refractivity contribution in [3.8, 4) is 0 Å². The van der Waals surface area contributed by atoms with Gasteiger partial charge < -0.3 is 0 Å². The quantitative estimate of drug-likeness (QED) is 0.604. The molecule has 6 heteroatoms. The molecule has 0 unspecified atom stereocenters. The van der Waals surface area contributed by atoms with Gasteiger partial charge in [0.05, 0.1) is 5.56 Å². The van der Waals surface area contributed by atoms with Gasteiger partial charge in [0, 0.05) is 10.8 Å². The normalized spacial score (nSPS) is 13.4. The molecule has 0 aliphatic heterocycles. The molecule has 1 aromatic rings. The number of nitro groups is 1. The molecule has 0 saturated carbocycles. The van der Waals surface area contributed by atoms with Crippen LogP contribution in [0.3, 0.4) is 0 Å². The lowest BCUT2D eigenvalue weighted by Gasteiger charge is -2.12. The molecule has 0 amide bonds. The average Bonchev–Trinajstić information content (AvgIpc) is 2.24. The Morgan fingerprint density at radius 2 is 1.82 bits per heavy atom. The average molecular weight is 247 g/mol. The summed E-state index contributed by atoms with van der Waals surface area (Å²) in [6.45, 7) is 1.51. The first-order valence-electron chi connectivity index (χ1n) is 5.13. The smallest absolute Gasteiger partial charge is 0.265 e. The van der Waals surface area contributed by atoms with Crippen molar-refractivity contribution in [1.29, 1.82) is 0 Å². The van der Waals surface area contributed by atoms with Crippen LogP contribution in [0.15, 0.2) is 24.3 Å². The SMILES string of the molecule is CC[C@H](C[N+](=O)[O-])c1ccc(C(F)(F)F)cc1. The topological polar surface area (TPSA) is 43.1 Å². The lowest BCUT2D eigenvalue weighted by Crippen LogP contribution is -2.12. The lowest BCUT2D eigenvalue weighted by molar-refractivity contribution is -0.483. The van der Waals surface area contributed by atoms with E-state index in [-0.39, 0.29) is 12.5 Å². The fraction of sp³-hybridized carbons (Fsp3) is 0.455. The van der Waals surface area contributed by atoms with Crippen molar-refractivity contribution < 1.29 is 18.1 Å². The Morgan fingerprint density at radius 1 is 1.29 bits per heavy atom. The summed E-state index contributed by atoms with van der Waals surface area (Å²) < 4.78 is 36.9. The Kier molecular flexibility index (Phi) is 4.09. The predicted molar refractivity (Wildman–Crippen MR) is 56.3 cm³/mol. The fourth-order valence-electron chi connectivity index (χ4n) is 1.59. The van der Waals surface area contributed by atoms with Crippen LogP contribution in [0, 0.1) is 10.1 Å². The van der Waals surface area contributed by atoms with Crippen molar-refractivity contribution in [2.45, 2.75) is 25.4 Å². The number of nitrogens with zero attached hydrogens (tertiary/aromatic N) is 1. The van der Waals surface area contributed by atoms with Crippen molar-refractivity contribution in [3.05, 3.63) is 45.5 Å². The van der Waals surface area contributed by atoms with E-state index in [2.05, 4.69) is 0 Å². The second-order valence-electron chi connectivity index (χ2n) is 3.74. The summed E-state index contributed by atoms with van der Waals surface area (Å²) in [5.74, 6) is -0.340. The Bertz CT molecular complexity index is 387.